The lowest BCUT2D eigenvalue weighted by atomic mass is 10.4. The summed E-state index contributed by atoms with van der Waals surface area (Å²) in [5.41, 5.74) is 0. The second-order valence-corrected chi connectivity index (χ2v) is 9.23. The molecule has 0 saturated carbocycles. The molecule has 0 unspecified atom stereocenters. The first-order valence-corrected chi connectivity index (χ1v) is 10.6. The Morgan fingerprint density at radius 3 is 2.59 bits per heavy atom. The van der Waals surface area contributed by atoms with Crippen molar-refractivity contribution in [3.8, 4) is 0 Å². The predicted octanol–water partition coefficient (Wildman–Crippen LogP) is 2.01. The molecule has 0 aliphatic rings. The van der Waals surface area contributed by atoms with E-state index in [2.05, 4.69) is 15.2 Å². The van der Waals surface area contributed by atoms with Crippen LogP contribution >= 0.6 is 21.6 Å². The Balaban J connectivity index is 1.94. The van der Waals surface area contributed by atoms with Crippen molar-refractivity contribution in [1.82, 2.24) is 19.9 Å². The van der Waals surface area contributed by atoms with Crippen LogP contribution in [-0.4, -0.2) is 54.7 Å². The molecule has 120 valence electrons. The molecule has 1 aromatic carbocycles. The van der Waals surface area contributed by atoms with Gasteiger partial charge in [0.25, 0.3) is 0 Å². The lowest BCUT2D eigenvalue weighted by Crippen LogP contribution is -2.14. The molecule has 0 aliphatic heterocycles. The van der Waals surface area contributed by atoms with Crippen molar-refractivity contribution >= 4 is 31.4 Å². The molecule has 0 fully saturated rings. The molecular weight excluding hydrogens is 340 g/mol. The first-order valence-electron chi connectivity index (χ1n) is 6.59. The minimum Gasteiger partial charge on any atom is -0.309 e. The average molecular weight is 359 g/mol. The summed E-state index contributed by atoms with van der Waals surface area (Å²) in [6.45, 7) is 1.00. The van der Waals surface area contributed by atoms with E-state index in [1.165, 1.54) is 6.20 Å². The second-order valence-electron chi connectivity index (χ2n) is 4.78. The van der Waals surface area contributed by atoms with Gasteiger partial charge < -0.3 is 4.90 Å². The van der Waals surface area contributed by atoms with Gasteiger partial charge in [0, 0.05) is 12.3 Å². The Bertz CT molecular complexity index is 686. The maximum absolute atomic E-state index is 12.4. The van der Waals surface area contributed by atoms with Crippen LogP contribution < -0.4 is 0 Å². The number of hydrogen-bond donors (Lipinski definition) is 0. The molecule has 0 bridgehead atoms. The molecule has 2 rings (SSSR count). The summed E-state index contributed by atoms with van der Waals surface area (Å²) in [6.07, 6.45) is 1.47. The standard InChI is InChI=1S/C13H18N4O2S3/c1-16(2)8-9-20-21-11-17-10-13(14-15-17)22(18,19)12-6-4-3-5-7-12/h3-7,10H,8-9,11H2,1-2H3. The first kappa shape index (κ1) is 17.3. The fourth-order valence-electron chi connectivity index (χ4n) is 1.56. The summed E-state index contributed by atoms with van der Waals surface area (Å²) in [6, 6.07) is 8.26. The highest BCUT2D eigenvalue weighted by atomic mass is 33.1. The zero-order valence-electron chi connectivity index (χ0n) is 12.4. The van der Waals surface area contributed by atoms with Crippen LogP contribution in [0.3, 0.4) is 0 Å². The maximum Gasteiger partial charge on any atom is 0.227 e. The smallest absolute Gasteiger partial charge is 0.227 e. The number of hydrogen-bond acceptors (Lipinski definition) is 7. The maximum atomic E-state index is 12.4. The highest BCUT2D eigenvalue weighted by Gasteiger charge is 2.21. The van der Waals surface area contributed by atoms with Gasteiger partial charge in [0.05, 0.1) is 17.0 Å². The van der Waals surface area contributed by atoms with Crippen LogP contribution in [0.1, 0.15) is 0 Å². The number of nitrogens with zero attached hydrogens (tertiary/aromatic N) is 4. The fourth-order valence-corrected chi connectivity index (χ4v) is 4.71. The van der Waals surface area contributed by atoms with Gasteiger partial charge in [-0.2, -0.15) is 0 Å². The van der Waals surface area contributed by atoms with E-state index < -0.39 is 9.84 Å². The Morgan fingerprint density at radius 1 is 1.18 bits per heavy atom. The molecule has 6 nitrogen and oxygen atoms in total. The van der Waals surface area contributed by atoms with Crippen LogP contribution in [0.25, 0.3) is 0 Å². The molecule has 0 atom stereocenters. The van der Waals surface area contributed by atoms with Crippen LogP contribution in [0.2, 0.25) is 0 Å². The van der Waals surface area contributed by atoms with E-state index in [-0.39, 0.29) is 9.92 Å². The van der Waals surface area contributed by atoms with Crippen LogP contribution in [0.5, 0.6) is 0 Å². The van der Waals surface area contributed by atoms with Crippen LogP contribution in [-0.2, 0) is 15.7 Å². The van der Waals surface area contributed by atoms with Gasteiger partial charge in [-0.1, -0.05) is 45.0 Å². The monoisotopic (exact) mass is 358 g/mol. The highest BCUT2D eigenvalue weighted by Crippen LogP contribution is 2.23. The number of sulfone groups is 1. The van der Waals surface area contributed by atoms with E-state index in [4.69, 9.17) is 0 Å². The van der Waals surface area contributed by atoms with Gasteiger partial charge in [0.1, 0.15) is 0 Å². The van der Waals surface area contributed by atoms with Crippen molar-refractivity contribution in [2.75, 3.05) is 26.4 Å². The van der Waals surface area contributed by atoms with Gasteiger partial charge in [0.2, 0.25) is 14.9 Å². The molecule has 1 heterocycles. The van der Waals surface area contributed by atoms with Crippen molar-refractivity contribution in [1.29, 1.82) is 0 Å². The molecule has 0 spiro atoms. The molecule has 9 heteroatoms. The zero-order valence-corrected chi connectivity index (χ0v) is 14.9. The fraction of sp³-hybridized carbons (Fsp3) is 0.385. The van der Waals surface area contributed by atoms with Gasteiger partial charge in [-0.05, 0) is 26.2 Å². The second kappa shape index (κ2) is 8.00. The van der Waals surface area contributed by atoms with Crippen LogP contribution in [0.15, 0.2) is 46.5 Å². The SMILES string of the molecule is CN(C)CCSSCn1cc(S(=O)(=O)c2ccccc2)nn1. The van der Waals surface area contributed by atoms with Gasteiger partial charge >= 0.3 is 0 Å². The van der Waals surface area contributed by atoms with E-state index in [9.17, 15) is 8.42 Å². The van der Waals surface area contributed by atoms with Gasteiger partial charge in [-0.15, -0.1) is 5.10 Å². The van der Waals surface area contributed by atoms with Crippen molar-refractivity contribution in [2.45, 2.75) is 15.8 Å². The van der Waals surface area contributed by atoms with E-state index >= 15 is 0 Å². The third kappa shape index (κ3) is 4.73. The van der Waals surface area contributed by atoms with Gasteiger partial charge in [-0.3, -0.25) is 0 Å². The molecule has 0 N–H and O–H groups in total. The van der Waals surface area contributed by atoms with Crippen molar-refractivity contribution in [3.63, 3.8) is 0 Å². The first-order chi connectivity index (χ1) is 10.5. The largest absolute Gasteiger partial charge is 0.309 e. The van der Waals surface area contributed by atoms with Crippen LogP contribution in [0.4, 0.5) is 0 Å². The van der Waals surface area contributed by atoms with Crippen LogP contribution in [0, 0.1) is 0 Å². The Kier molecular flexibility index (Phi) is 6.30. The summed E-state index contributed by atoms with van der Waals surface area (Å²) in [4.78, 5) is 2.35. The van der Waals surface area contributed by atoms with E-state index in [0.717, 1.165) is 12.3 Å². The minimum atomic E-state index is -3.58. The van der Waals surface area contributed by atoms with E-state index in [1.807, 2.05) is 14.1 Å². The third-order valence-electron chi connectivity index (χ3n) is 2.74. The normalized spacial score (nSPS) is 12.0. The summed E-state index contributed by atoms with van der Waals surface area (Å²) < 4.78 is 26.3. The van der Waals surface area contributed by atoms with Crippen molar-refractivity contribution in [2.24, 2.45) is 0 Å². The molecule has 2 aromatic rings. The summed E-state index contributed by atoms with van der Waals surface area (Å²) >= 11 is 0. The molecule has 0 saturated heterocycles. The molecule has 1 aromatic heterocycles. The number of aromatic nitrogens is 3. The summed E-state index contributed by atoms with van der Waals surface area (Å²) in [5, 5.41) is 7.65. The quantitative estimate of drug-likeness (QED) is 0.528. The number of rotatable bonds is 8. The highest BCUT2D eigenvalue weighted by molar-refractivity contribution is 8.76. The van der Waals surface area contributed by atoms with Gasteiger partial charge in [-0.25, -0.2) is 13.1 Å². The van der Waals surface area contributed by atoms with E-state index in [0.29, 0.717) is 5.88 Å². The molecule has 0 aliphatic carbocycles. The predicted molar refractivity (Wildman–Crippen MR) is 90.5 cm³/mol. The molecule has 0 amide bonds. The third-order valence-corrected chi connectivity index (χ3v) is 6.57. The molecular formula is C13H18N4O2S3. The lowest BCUT2D eigenvalue weighted by molar-refractivity contribution is 0.438. The topological polar surface area (TPSA) is 68.1 Å². The average Bonchev–Trinajstić information content (AvgIpc) is 2.97. The Morgan fingerprint density at radius 2 is 1.91 bits per heavy atom. The van der Waals surface area contributed by atoms with Crippen molar-refractivity contribution < 1.29 is 8.42 Å². The molecule has 22 heavy (non-hydrogen) atoms. The number of benzene rings is 1. The van der Waals surface area contributed by atoms with E-state index in [1.54, 1.807) is 56.6 Å². The Labute approximate surface area is 138 Å². The Hall–Kier alpha value is -1.03. The molecule has 0 radical (unpaired) electrons. The summed E-state index contributed by atoms with van der Waals surface area (Å²) in [5.74, 6) is 1.57. The minimum absolute atomic E-state index is 0.0161. The van der Waals surface area contributed by atoms with Crippen molar-refractivity contribution in [3.05, 3.63) is 36.5 Å². The van der Waals surface area contributed by atoms with Gasteiger partial charge in [0.15, 0.2) is 0 Å². The zero-order chi connectivity index (χ0) is 16.0. The summed E-state index contributed by atoms with van der Waals surface area (Å²) in [7, 11) is 3.83. The lowest BCUT2D eigenvalue weighted by Gasteiger charge is -2.07.